The zero-order valence-electron chi connectivity index (χ0n) is 12.4. The Kier molecular flexibility index (Phi) is 4.87. The summed E-state index contributed by atoms with van der Waals surface area (Å²) in [6.45, 7) is 0.396. The molecule has 2 rings (SSSR count). The minimum Gasteiger partial charge on any atom is -0.467 e. The van der Waals surface area contributed by atoms with Crippen LogP contribution in [0.1, 0.15) is 29.8 Å². The van der Waals surface area contributed by atoms with Crippen LogP contribution >= 0.6 is 0 Å². The highest BCUT2D eigenvalue weighted by Crippen LogP contribution is 2.22. The van der Waals surface area contributed by atoms with Crippen molar-refractivity contribution in [3.63, 3.8) is 0 Å². The van der Waals surface area contributed by atoms with E-state index in [0.717, 1.165) is 12.8 Å². The molecule has 1 saturated heterocycles. The quantitative estimate of drug-likeness (QED) is 0.799. The second-order valence-electron chi connectivity index (χ2n) is 4.86. The van der Waals surface area contributed by atoms with Crippen LogP contribution in [0, 0.1) is 0 Å². The molecule has 1 aliphatic rings. The Balaban J connectivity index is 2.25. The van der Waals surface area contributed by atoms with Crippen LogP contribution in [0.5, 0.6) is 0 Å². The number of piperidine rings is 1. The first kappa shape index (κ1) is 16.5. The van der Waals surface area contributed by atoms with E-state index in [1.165, 1.54) is 31.2 Å². The van der Waals surface area contributed by atoms with Crippen molar-refractivity contribution in [1.82, 2.24) is 9.62 Å². The van der Waals surface area contributed by atoms with Crippen molar-refractivity contribution < 1.29 is 27.2 Å². The Bertz CT molecular complexity index is 666. The molecule has 8 nitrogen and oxygen atoms in total. The van der Waals surface area contributed by atoms with Gasteiger partial charge >= 0.3 is 5.97 Å². The smallest absolute Gasteiger partial charge is 0.328 e. The van der Waals surface area contributed by atoms with Crippen LogP contribution in [-0.4, -0.2) is 51.9 Å². The van der Waals surface area contributed by atoms with E-state index in [-0.39, 0.29) is 10.9 Å². The highest BCUT2D eigenvalue weighted by molar-refractivity contribution is 7.89. The van der Waals surface area contributed by atoms with Gasteiger partial charge in [0.05, 0.1) is 7.11 Å². The normalized spacial score (nSPS) is 19.0. The highest BCUT2D eigenvalue weighted by Gasteiger charge is 2.35. The third-order valence-corrected chi connectivity index (χ3v) is 4.85. The van der Waals surface area contributed by atoms with Crippen molar-refractivity contribution in [2.45, 2.75) is 30.4 Å². The maximum absolute atomic E-state index is 12.5. The molecule has 1 fully saturated rings. The van der Waals surface area contributed by atoms with Crippen LogP contribution in [0.2, 0.25) is 0 Å². The van der Waals surface area contributed by atoms with Crippen LogP contribution in [0.3, 0.4) is 0 Å². The number of rotatable bonds is 4. The number of furan rings is 1. The molecular formula is C13H18N2O6S. The first-order chi connectivity index (χ1) is 10.4. The van der Waals surface area contributed by atoms with Crippen molar-refractivity contribution in [3.05, 3.63) is 17.9 Å². The Morgan fingerprint density at radius 3 is 2.73 bits per heavy atom. The molecule has 0 bridgehead atoms. The standard InChI is InChI=1S/C13H18N2O6S/c1-14-22(18,19)11-7-6-10(21-11)12(16)15-8-4-3-5-9(15)13(17)20-2/h6-7,9,14H,3-5,8H2,1-2H3. The molecule has 0 aliphatic carbocycles. The number of sulfonamides is 1. The number of nitrogens with zero attached hydrogens (tertiary/aromatic N) is 1. The molecule has 0 spiro atoms. The van der Waals surface area contributed by atoms with E-state index >= 15 is 0 Å². The number of amides is 1. The fourth-order valence-electron chi connectivity index (χ4n) is 2.38. The molecule has 1 atom stereocenters. The average Bonchev–Trinajstić information content (AvgIpc) is 3.04. The molecule has 0 radical (unpaired) electrons. The lowest BCUT2D eigenvalue weighted by molar-refractivity contribution is -0.147. The fourth-order valence-corrected chi connectivity index (χ4v) is 3.03. The van der Waals surface area contributed by atoms with Crippen molar-refractivity contribution in [1.29, 1.82) is 0 Å². The van der Waals surface area contributed by atoms with E-state index in [1.807, 2.05) is 0 Å². The van der Waals surface area contributed by atoms with Crippen molar-refractivity contribution in [3.8, 4) is 0 Å². The third kappa shape index (κ3) is 3.14. The largest absolute Gasteiger partial charge is 0.467 e. The molecular weight excluding hydrogens is 312 g/mol. The van der Waals surface area contributed by atoms with Gasteiger partial charge in [-0.15, -0.1) is 0 Å². The molecule has 122 valence electrons. The number of nitrogens with one attached hydrogen (secondary N) is 1. The van der Waals surface area contributed by atoms with E-state index in [9.17, 15) is 18.0 Å². The lowest BCUT2D eigenvalue weighted by Gasteiger charge is -2.33. The van der Waals surface area contributed by atoms with Gasteiger partial charge in [-0.25, -0.2) is 17.9 Å². The molecule has 0 saturated carbocycles. The van der Waals surface area contributed by atoms with E-state index in [0.29, 0.717) is 13.0 Å². The van der Waals surface area contributed by atoms with Crippen LogP contribution in [0.25, 0.3) is 0 Å². The minimum atomic E-state index is -3.76. The number of ether oxygens (including phenoxy) is 1. The lowest BCUT2D eigenvalue weighted by atomic mass is 10.0. The number of methoxy groups -OCH3 is 1. The Morgan fingerprint density at radius 1 is 1.36 bits per heavy atom. The minimum absolute atomic E-state index is 0.121. The van der Waals surface area contributed by atoms with Crippen LogP contribution in [0.4, 0.5) is 0 Å². The summed E-state index contributed by atoms with van der Waals surface area (Å²) in [5.74, 6) is -1.13. The number of hydrogen-bond acceptors (Lipinski definition) is 6. The monoisotopic (exact) mass is 330 g/mol. The summed E-state index contributed by atoms with van der Waals surface area (Å²) in [5.41, 5.74) is 0. The summed E-state index contributed by atoms with van der Waals surface area (Å²) in [4.78, 5) is 25.6. The Labute approximate surface area is 128 Å². The number of carbonyl (C=O) groups is 2. The molecule has 9 heteroatoms. The van der Waals surface area contributed by atoms with E-state index in [1.54, 1.807) is 0 Å². The van der Waals surface area contributed by atoms with E-state index in [4.69, 9.17) is 9.15 Å². The van der Waals surface area contributed by atoms with Crippen LogP contribution < -0.4 is 4.72 Å². The van der Waals surface area contributed by atoms with Gasteiger partial charge in [-0.05, 0) is 38.4 Å². The van der Waals surface area contributed by atoms with Gasteiger partial charge in [-0.2, -0.15) is 0 Å². The average molecular weight is 330 g/mol. The molecule has 1 aromatic heterocycles. The Hall–Kier alpha value is -1.87. The number of carbonyl (C=O) groups excluding carboxylic acids is 2. The van der Waals surface area contributed by atoms with Gasteiger partial charge < -0.3 is 14.1 Å². The molecule has 1 N–H and O–H groups in total. The molecule has 1 aromatic rings. The van der Waals surface area contributed by atoms with E-state index < -0.39 is 27.9 Å². The summed E-state index contributed by atoms with van der Waals surface area (Å²) in [6, 6.07) is 1.83. The lowest BCUT2D eigenvalue weighted by Crippen LogP contribution is -2.48. The second-order valence-corrected chi connectivity index (χ2v) is 6.68. The maximum atomic E-state index is 12.5. The zero-order chi connectivity index (χ0) is 16.3. The summed E-state index contributed by atoms with van der Waals surface area (Å²) < 4.78 is 35.2. The molecule has 2 heterocycles. The fraction of sp³-hybridized carbons (Fsp3) is 0.538. The SMILES string of the molecule is CNS(=O)(=O)c1ccc(C(=O)N2CCCCC2C(=O)OC)o1. The summed E-state index contributed by atoms with van der Waals surface area (Å²) in [6.07, 6.45) is 2.10. The molecule has 0 aromatic carbocycles. The molecule has 1 aliphatic heterocycles. The van der Waals surface area contributed by atoms with Gasteiger partial charge in [0.15, 0.2) is 5.76 Å². The van der Waals surface area contributed by atoms with Gasteiger partial charge in [-0.3, -0.25) is 4.79 Å². The third-order valence-electron chi connectivity index (χ3n) is 3.56. The van der Waals surface area contributed by atoms with Gasteiger partial charge in [0.2, 0.25) is 5.09 Å². The van der Waals surface area contributed by atoms with Crippen LogP contribution in [-0.2, 0) is 19.6 Å². The predicted octanol–water partition coefficient (Wildman–Crippen LogP) is 0.355. The van der Waals surface area contributed by atoms with Gasteiger partial charge in [0, 0.05) is 6.54 Å². The number of esters is 1. The highest BCUT2D eigenvalue weighted by atomic mass is 32.2. The van der Waals surface area contributed by atoms with Crippen molar-refractivity contribution in [2.75, 3.05) is 20.7 Å². The summed E-state index contributed by atoms with van der Waals surface area (Å²) in [5, 5.41) is -0.343. The van der Waals surface area contributed by atoms with Gasteiger partial charge in [0.25, 0.3) is 15.9 Å². The maximum Gasteiger partial charge on any atom is 0.328 e. The summed E-state index contributed by atoms with van der Waals surface area (Å²) >= 11 is 0. The molecule has 1 amide bonds. The van der Waals surface area contributed by atoms with Crippen molar-refractivity contribution in [2.24, 2.45) is 0 Å². The first-order valence-corrected chi connectivity index (χ1v) is 8.31. The van der Waals surface area contributed by atoms with Crippen LogP contribution in [0.15, 0.2) is 21.6 Å². The number of likely N-dealkylation sites (tertiary alicyclic amines) is 1. The molecule has 1 unspecified atom stereocenters. The zero-order valence-corrected chi connectivity index (χ0v) is 13.2. The van der Waals surface area contributed by atoms with Crippen molar-refractivity contribution >= 4 is 21.9 Å². The van der Waals surface area contributed by atoms with E-state index in [2.05, 4.69) is 4.72 Å². The van der Waals surface area contributed by atoms with Gasteiger partial charge in [-0.1, -0.05) is 0 Å². The topological polar surface area (TPSA) is 106 Å². The Morgan fingerprint density at radius 2 is 2.09 bits per heavy atom. The van der Waals surface area contributed by atoms with Gasteiger partial charge in [0.1, 0.15) is 6.04 Å². The summed E-state index contributed by atoms with van der Waals surface area (Å²) in [7, 11) is -1.24. The second kappa shape index (κ2) is 6.49. The first-order valence-electron chi connectivity index (χ1n) is 6.83. The molecule has 22 heavy (non-hydrogen) atoms. The number of hydrogen-bond donors (Lipinski definition) is 1. The predicted molar refractivity (Wildman–Crippen MR) is 75.6 cm³/mol.